The summed E-state index contributed by atoms with van der Waals surface area (Å²) in [6.45, 7) is 0.101. The summed E-state index contributed by atoms with van der Waals surface area (Å²) < 4.78 is 19.7. The molecule has 2 heterocycles. The summed E-state index contributed by atoms with van der Waals surface area (Å²) in [5.74, 6) is -0.597. The molecule has 1 aliphatic heterocycles. The van der Waals surface area contributed by atoms with Gasteiger partial charge in [0.05, 0.1) is 0 Å². The number of hydrogen-bond acceptors (Lipinski definition) is 3. The van der Waals surface area contributed by atoms with Crippen molar-refractivity contribution in [1.29, 1.82) is 0 Å². The van der Waals surface area contributed by atoms with Crippen LogP contribution in [0, 0.1) is 5.82 Å². The number of nitrogens with one attached hydrogen (secondary N) is 1. The second-order valence-electron chi connectivity index (χ2n) is 4.10. The van der Waals surface area contributed by atoms with Gasteiger partial charge < -0.3 is 4.74 Å². The third-order valence-electron chi connectivity index (χ3n) is 3.02. The fraction of sp³-hybridized carbons (Fsp3) is 0.167. The summed E-state index contributed by atoms with van der Waals surface area (Å²) in [6, 6.07) is 6.33. The zero-order valence-electron chi connectivity index (χ0n) is 9.52. The number of benzene rings is 1. The van der Waals surface area contributed by atoms with Crippen LogP contribution in [0.3, 0.4) is 0 Å². The van der Waals surface area contributed by atoms with Crippen LogP contribution in [0.5, 0.6) is 5.75 Å². The predicted molar refractivity (Wildman–Crippen MR) is 66.4 cm³/mol. The third-order valence-corrected chi connectivity index (χ3v) is 3.28. The van der Waals surface area contributed by atoms with Crippen LogP contribution in [0.4, 0.5) is 4.39 Å². The molecule has 1 aromatic carbocycles. The van der Waals surface area contributed by atoms with E-state index in [4.69, 9.17) is 16.3 Å². The lowest BCUT2D eigenvalue weighted by molar-refractivity contribution is 0.308. The Kier molecular flexibility index (Phi) is 2.67. The van der Waals surface area contributed by atoms with Crippen LogP contribution in [0.2, 0.25) is 5.15 Å². The van der Waals surface area contributed by atoms with Crippen molar-refractivity contribution in [2.45, 2.75) is 6.04 Å². The fourth-order valence-electron chi connectivity index (χ4n) is 2.14. The van der Waals surface area contributed by atoms with Gasteiger partial charge in [-0.05, 0) is 6.07 Å². The Morgan fingerprint density at radius 2 is 2.11 bits per heavy atom. The van der Waals surface area contributed by atoms with E-state index >= 15 is 0 Å². The molecular formula is C12H8ClFN2O3. The molecule has 7 heteroatoms. The molecule has 0 bridgehead atoms. The normalized spacial score (nSPS) is 17.1. The zero-order valence-corrected chi connectivity index (χ0v) is 10.3. The monoisotopic (exact) mass is 282 g/mol. The topological polar surface area (TPSA) is 64.1 Å². The molecule has 0 fully saturated rings. The maximum absolute atomic E-state index is 13.5. The first kappa shape index (κ1) is 12.0. The third kappa shape index (κ3) is 1.76. The minimum Gasteiger partial charge on any atom is -0.491 e. The number of rotatable bonds is 1. The van der Waals surface area contributed by atoms with Gasteiger partial charge in [0, 0.05) is 5.56 Å². The SMILES string of the molecule is O=c1[nH]c(Cl)c(F)c(=O)n1C1COc2ccccc21. The van der Waals surface area contributed by atoms with Gasteiger partial charge in [-0.3, -0.25) is 9.78 Å². The van der Waals surface area contributed by atoms with Crippen molar-refractivity contribution in [1.82, 2.24) is 9.55 Å². The fourth-order valence-corrected chi connectivity index (χ4v) is 2.30. The smallest absolute Gasteiger partial charge is 0.330 e. The van der Waals surface area contributed by atoms with Gasteiger partial charge in [0.15, 0.2) is 5.15 Å². The van der Waals surface area contributed by atoms with Gasteiger partial charge in [-0.2, -0.15) is 4.39 Å². The second-order valence-corrected chi connectivity index (χ2v) is 4.48. The van der Waals surface area contributed by atoms with Crippen LogP contribution in [-0.4, -0.2) is 16.2 Å². The molecule has 0 amide bonds. The van der Waals surface area contributed by atoms with E-state index in [-0.39, 0.29) is 6.61 Å². The van der Waals surface area contributed by atoms with E-state index in [1.165, 1.54) is 0 Å². The lowest BCUT2D eigenvalue weighted by atomic mass is 10.1. The molecule has 19 heavy (non-hydrogen) atoms. The van der Waals surface area contributed by atoms with Crippen LogP contribution in [0.25, 0.3) is 0 Å². The molecule has 1 unspecified atom stereocenters. The molecular weight excluding hydrogens is 275 g/mol. The van der Waals surface area contributed by atoms with Crippen LogP contribution in [0.1, 0.15) is 11.6 Å². The molecule has 1 N–H and O–H groups in total. The van der Waals surface area contributed by atoms with E-state index < -0.39 is 28.3 Å². The highest BCUT2D eigenvalue weighted by molar-refractivity contribution is 6.29. The number of hydrogen-bond donors (Lipinski definition) is 1. The first-order valence-electron chi connectivity index (χ1n) is 5.51. The van der Waals surface area contributed by atoms with Crippen LogP contribution in [0.15, 0.2) is 33.9 Å². The van der Waals surface area contributed by atoms with Gasteiger partial charge in [-0.1, -0.05) is 29.8 Å². The number of para-hydroxylation sites is 1. The number of nitrogens with zero attached hydrogens (tertiary/aromatic N) is 1. The highest BCUT2D eigenvalue weighted by Gasteiger charge is 2.29. The molecule has 5 nitrogen and oxygen atoms in total. The summed E-state index contributed by atoms with van der Waals surface area (Å²) in [6.07, 6.45) is 0. The first-order valence-corrected chi connectivity index (χ1v) is 5.89. The molecule has 2 aromatic rings. The van der Waals surface area contributed by atoms with Crippen molar-refractivity contribution >= 4 is 11.6 Å². The lowest BCUT2D eigenvalue weighted by Crippen LogP contribution is -2.40. The summed E-state index contributed by atoms with van der Waals surface area (Å²) in [5, 5.41) is -0.585. The predicted octanol–water partition coefficient (Wildman–Crippen LogP) is 1.31. The molecule has 3 rings (SSSR count). The number of H-pyrrole nitrogens is 1. The Morgan fingerprint density at radius 3 is 2.89 bits per heavy atom. The summed E-state index contributed by atoms with van der Waals surface area (Å²) in [5.41, 5.74) is -1.16. The van der Waals surface area contributed by atoms with Gasteiger partial charge in [-0.25, -0.2) is 9.36 Å². The number of aromatic nitrogens is 2. The number of ether oxygens (including phenoxy) is 1. The van der Waals surface area contributed by atoms with Crippen LogP contribution >= 0.6 is 11.6 Å². The van der Waals surface area contributed by atoms with Crippen molar-refractivity contribution in [2.24, 2.45) is 0 Å². The molecule has 0 saturated carbocycles. The Hall–Kier alpha value is -2.08. The maximum Gasteiger partial charge on any atom is 0.330 e. The zero-order chi connectivity index (χ0) is 13.6. The summed E-state index contributed by atoms with van der Waals surface area (Å²) >= 11 is 5.42. The highest BCUT2D eigenvalue weighted by Crippen LogP contribution is 2.33. The molecule has 0 spiro atoms. The Labute approximate surface area is 111 Å². The molecule has 0 aliphatic carbocycles. The van der Waals surface area contributed by atoms with E-state index in [1.807, 2.05) is 0 Å². The van der Waals surface area contributed by atoms with Crippen molar-refractivity contribution in [3.63, 3.8) is 0 Å². The number of halogens is 2. The van der Waals surface area contributed by atoms with Crippen molar-refractivity contribution in [2.75, 3.05) is 6.61 Å². The van der Waals surface area contributed by atoms with E-state index in [2.05, 4.69) is 4.98 Å². The average Bonchev–Trinajstić information content (AvgIpc) is 2.81. The lowest BCUT2D eigenvalue weighted by Gasteiger charge is -2.11. The van der Waals surface area contributed by atoms with E-state index in [1.54, 1.807) is 24.3 Å². The quantitative estimate of drug-likeness (QED) is 0.802. The Bertz CT molecular complexity index is 768. The minimum absolute atomic E-state index is 0.101. The largest absolute Gasteiger partial charge is 0.491 e. The van der Waals surface area contributed by atoms with Crippen LogP contribution < -0.4 is 16.0 Å². The van der Waals surface area contributed by atoms with Crippen molar-refractivity contribution in [3.05, 3.63) is 61.6 Å². The minimum atomic E-state index is -1.18. The molecule has 1 aliphatic rings. The average molecular weight is 283 g/mol. The molecule has 98 valence electrons. The van der Waals surface area contributed by atoms with Crippen molar-refractivity contribution < 1.29 is 9.13 Å². The number of fused-ring (bicyclic) bond motifs is 1. The van der Waals surface area contributed by atoms with Crippen molar-refractivity contribution in [3.8, 4) is 5.75 Å². The summed E-state index contributed by atoms with van der Waals surface area (Å²) in [7, 11) is 0. The van der Waals surface area contributed by atoms with Gasteiger partial charge in [-0.15, -0.1) is 0 Å². The number of aromatic amines is 1. The maximum atomic E-state index is 13.5. The molecule has 0 saturated heterocycles. The van der Waals surface area contributed by atoms with Gasteiger partial charge in [0.25, 0.3) is 5.56 Å². The molecule has 0 radical (unpaired) electrons. The van der Waals surface area contributed by atoms with E-state index in [0.717, 1.165) is 4.57 Å². The first-order chi connectivity index (χ1) is 9.09. The second kappa shape index (κ2) is 4.24. The van der Waals surface area contributed by atoms with E-state index in [9.17, 15) is 14.0 Å². The molecule has 1 aromatic heterocycles. The highest BCUT2D eigenvalue weighted by atomic mass is 35.5. The van der Waals surface area contributed by atoms with Gasteiger partial charge in [0.1, 0.15) is 18.4 Å². The Balaban J connectivity index is 2.24. The van der Waals surface area contributed by atoms with Gasteiger partial charge >= 0.3 is 5.69 Å². The standard InChI is InChI=1S/C12H8ClFN2O3/c13-10-9(14)11(17)16(12(18)15-10)7-5-19-8-4-2-1-3-6(7)8/h1-4,7H,5H2,(H,15,18). The molecule has 1 atom stereocenters. The Morgan fingerprint density at radius 1 is 1.37 bits per heavy atom. The van der Waals surface area contributed by atoms with E-state index in [0.29, 0.717) is 11.3 Å². The van der Waals surface area contributed by atoms with Crippen LogP contribution in [-0.2, 0) is 0 Å². The summed E-state index contributed by atoms with van der Waals surface area (Å²) in [4.78, 5) is 25.7. The van der Waals surface area contributed by atoms with Gasteiger partial charge in [0.2, 0.25) is 5.82 Å².